The Morgan fingerprint density at radius 1 is 1.56 bits per heavy atom. The highest BCUT2D eigenvalue weighted by molar-refractivity contribution is 5.27. The van der Waals surface area contributed by atoms with Gasteiger partial charge < -0.3 is 4.74 Å². The highest BCUT2D eigenvalue weighted by Crippen LogP contribution is 2.26. The van der Waals surface area contributed by atoms with Crippen molar-refractivity contribution in [2.45, 2.75) is 25.4 Å². The molecule has 1 aliphatic heterocycles. The molecule has 1 atom stereocenters. The first-order valence-corrected chi connectivity index (χ1v) is 3.49. The predicted octanol–water partition coefficient (Wildman–Crippen LogP) is 2.01. The van der Waals surface area contributed by atoms with Crippen molar-refractivity contribution in [2.75, 3.05) is 0 Å². The van der Waals surface area contributed by atoms with E-state index in [4.69, 9.17) is 4.74 Å². The van der Waals surface area contributed by atoms with Gasteiger partial charge >= 0.3 is 0 Å². The first kappa shape index (κ1) is 5.10. The number of hydrogen-bond acceptors (Lipinski definition) is 1. The Morgan fingerprint density at radius 3 is 3.44 bits per heavy atom. The fraction of sp³-hybridized carbons (Fsp3) is 0.500. The van der Waals surface area contributed by atoms with Crippen LogP contribution < -0.4 is 0 Å². The Kier molecular flexibility index (Phi) is 1.08. The van der Waals surface area contributed by atoms with Gasteiger partial charge in [0.15, 0.2) is 0 Å². The molecule has 1 nitrogen and oxygen atoms in total. The summed E-state index contributed by atoms with van der Waals surface area (Å²) in [6, 6.07) is 0. The number of allylic oxidation sites excluding steroid dienone is 1. The molecule has 0 fully saturated rings. The van der Waals surface area contributed by atoms with Crippen molar-refractivity contribution in [1.29, 1.82) is 0 Å². The topological polar surface area (TPSA) is 9.23 Å². The van der Waals surface area contributed by atoms with E-state index in [1.54, 1.807) is 0 Å². The molecule has 0 amide bonds. The summed E-state index contributed by atoms with van der Waals surface area (Å²) in [5.74, 6) is 0. The van der Waals surface area contributed by atoms with Gasteiger partial charge in [0.1, 0.15) is 6.10 Å². The van der Waals surface area contributed by atoms with Crippen LogP contribution in [-0.2, 0) is 4.74 Å². The predicted molar refractivity (Wildman–Crippen MR) is 35.9 cm³/mol. The molecule has 0 aromatic carbocycles. The van der Waals surface area contributed by atoms with Crippen LogP contribution in [0.3, 0.4) is 0 Å². The van der Waals surface area contributed by atoms with E-state index in [1.807, 2.05) is 6.26 Å². The Bertz CT molecular complexity index is 167. The zero-order valence-corrected chi connectivity index (χ0v) is 5.34. The molecule has 0 spiro atoms. The maximum absolute atomic E-state index is 5.31. The average Bonchev–Trinajstić information content (AvgIpc) is 2.33. The Morgan fingerprint density at radius 2 is 2.56 bits per heavy atom. The van der Waals surface area contributed by atoms with Gasteiger partial charge in [0.2, 0.25) is 0 Å². The molecule has 1 aliphatic carbocycles. The van der Waals surface area contributed by atoms with Crippen LogP contribution in [0.5, 0.6) is 0 Å². The molecule has 0 aromatic rings. The van der Waals surface area contributed by atoms with Gasteiger partial charge in [-0.25, -0.2) is 0 Å². The molecule has 2 rings (SSSR count). The van der Waals surface area contributed by atoms with Crippen LogP contribution in [-0.4, -0.2) is 6.10 Å². The second-order valence-electron chi connectivity index (χ2n) is 2.56. The fourth-order valence-electron chi connectivity index (χ4n) is 1.40. The van der Waals surface area contributed by atoms with Crippen molar-refractivity contribution >= 4 is 0 Å². The van der Waals surface area contributed by atoms with Crippen molar-refractivity contribution < 1.29 is 4.74 Å². The largest absolute Gasteiger partial charge is 0.493 e. The molecule has 9 heavy (non-hydrogen) atoms. The molecule has 0 N–H and O–H groups in total. The summed E-state index contributed by atoms with van der Waals surface area (Å²) in [5, 5.41) is 0. The van der Waals surface area contributed by atoms with Crippen molar-refractivity contribution in [2.24, 2.45) is 0 Å². The SMILES string of the molecule is C1=CC2=CCCCC2O1. The summed E-state index contributed by atoms with van der Waals surface area (Å²) in [6.45, 7) is 0. The van der Waals surface area contributed by atoms with Crippen molar-refractivity contribution in [3.63, 3.8) is 0 Å². The molecule has 0 saturated carbocycles. The van der Waals surface area contributed by atoms with Gasteiger partial charge in [-0.15, -0.1) is 0 Å². The van der Waals surface area contributed by atoms with Crippen LogP contribution in [0.2, 0.25) is 0 Å². The average molecular weight is 122 g/mol. The molecule has 2 aliphatic rings. The summed E-state index contributed by atoms with van der Waals surface area (Å²) in [5.41, 5.74) is 1.39. The summed E-state index contributed by atoms with van der Waals surface area (Å²) < 4.78 is 5.31. The molecule has 1 heterocycles. The number of fused-ring (bicyclic) bond motifs is 1. The first-order valence-electron chi connectivity index (χ1n) is 3.49. The van der Waals surface area contributed by atoms with E-state index in [2.05, 4.69) is 12.2 Å². The zero-order chi connectivity index (χ0) is 6.10. The fourth-order valence-corrected chi connectivity index (χ4v) is 1.40. The maximum atomic E-state index is 5.31. The lowest BCUT2D eigenvalue weighted by molar-refractivity contribution is 0.180. The monoisotopic (exact) mass is 122 g/mol. The van der Waals surface area contributed by atoms with Crippen LogP contribution in [0.1, 0.15) is 19.3 Å². The van der Waals surface area contributed by atoms with Gasteiger partial charge in [0, 0.05) is 0 Å². The molecule has 1 heteroatoms. The van der Waals surface area contributed by atoms with E-state index < -0.39 is 0 Å². The van der Waals surface area contributed by atoms with Gasteiger partial charge in [-0.05, 0) is 30.9 Å². The van der Waals surface area contributed by atoms with E-state index in [1.165, 1.54) is 24.8 Å². The Balaban J connectivity index is 2.23. The first-order chi connectivity index (χ1) is 4.47. The van der Waals surface area contributed by atoms with Gasteiger partial charge in [0.05, 0.1) is 6.26 Å². The second-order valence-corrected chi connectivity index (χ2v) is 2.56. The third kappa shape index (κ3) is 0.766. The number of ether oxygens (including phenoxy) is 1. The van der Waals surface area contributed by atoms with Crippen molar-refractivity contribution in [3.8, 4) is 0 Å². The minimum atomic E-state index is 0.416. The molecular formula is C8H10O. The molecule has 48 valence electrons. The van der Waals surface area contributed by atoms with Crippen LogP contribution in [0.15, 0.2) is 24.0 Å². The standard InChI is InChI=1S/C8H10O/c1-2-4-8-7(3-1)5-6-9-8/h3,5-6,8H,1-2,4H2. The molecule has 1 unspecified atom stereocenters. The summed E-state index contributed by atoms with van der Waals surface area (Å²) in [6.07, 6.45) is 10.3. The van der Waals surface area contributed by atoms with Crippen LogP contribution in [0, 0.1) is 0 Å². The van der Waals surface area contributed by atoms with E-state index in [-0.39, 0.29) is 0 Å². The smallest absolute Gasteiger partial charge is 0.123 e. The van der Waals surface area contributed by atoms with Gasteiger partial charge in [0.25, 0.3) is 0 Å². The van der Waals surface area contributed by atoms with Crippen LogP contribution in [0.25, 0.3) is 0 Å². The normalized spacial score (nSPS) is 31.1. The van der Waals surface area contributed by atoms with Crippen LogP contribution >= 0.6 is 0 Å². The Labute approximate surface area is 55.0 Å². The van der Waals surface area contributed by atoms with E-state index in [9.17, 15) is 0 Å². The maximum Gasteiger partial charge on any atom is 0.123 e. The minimum absolute atomic E-state index is 0.416. The van der Waals surface area contributed by atoms with Crippen molar-refractivity contribution in [3.05, 3.63) is 24.0 Å². The molecule has 0 bridgehead atoms. The lowest BCUT2D eigenvalue weighted by atomic mass is 9.98. The quantitative estimate of drug-likeness (QED) is 0.477. The third-order valence-corrected chi connectivity index (χ3v) is 1.93. The number of rotatable bonds is 0. The molecule has 0 aromatic heterocycles. The summed E-state index contributed by atoms with van der Waals surface area (Å²) in [7, 11) is 0. The minimum Gasteiger partial charge on any atom is -0.493 e. The second kappa shape index (κ2) is 1.90. The highest BCUT2D eigenvalue weighted by atomic mass is 16.5. The molecule has 0 saturated heterocycles. The molecular weight excluding hydrogens is 112 g/mol. The Hall–Kier alpha value is -0.720. The number of hydrogen-bond donors (Lipinski definition) is 0. The van der Waals surface area contributed by atoms with Gasteiger partial charge in [-0.3, -0.25) is 0 Å². The third-order valence-electron chi connectivity index (χ3n) is 1.93. The lowest BCUT2D eigenvalue weighted by Gasteiger charge is -2.15. The van der Waals surface area contributed by atoms with E-state index >= 15 is 0 Å². The van der Waals surface area contributed by atoms with Crippen LogP contribution in [0.4, 0.5) is 0 Å². The van der Waals surface area contributed by atoms with E-state index in [0.29, 0.717) is 6.10 Å². The zero-order valence-electron chi connectivity index (χ0n) is 5.34. The highest BCUT2D eigenvalue weighted by Gasteiger charge is 2.19. The van der Waals surface area contributed by atoms with Crippen molar-refractivity contribution in [1.82, 2.24) is 0 Å². The lowest BCUT2D eigenvalue weighted by Crippen LogP contribution is -2.10. The molecule has 0 radical (unpaired) electrons. The summed E-state index contributed by atoms with van der Waals surface area (Å²) >= 11 is 0. The van der Waals surface area contributed by atoms with Gasteiger partial charge in [-0.1, -0.05) is 6.08 Å². The van der Waals surface area contributed by atoms with E-state index in [0.717, 1.165) is 0 Å². The van der Waals surface area contributed by atoms with Gasteiger partial charge in [-0.2, -0.15) is 0 Å². The summed E-state index contributed by atoms with van der Waals surface area (Å²) in [4.78, 5) is 0.